The molecule has 112 valence electrons. The van der Waals surface area contributed by atoms with Crippen LogP contribution in [0, 0.1) is 6.92 Å². The number of furan rings is 1. The van der Waals surface area contributed by atoms with Gasteiger partial charge < -0.3 is 14.6 Å². The monoisotopic (exact) mass is 284 g/mol. The largest absolute Gasteiger partial charge is 0.464 e. The lowest BCUT2D eigenvalue weighted by Gasteiger charge is -2.19. The number of hydrogen-bond donors (Lipinski definition) is 1. The van der Waals surface area contributed by atoms with Gasteiger partial charge in [0.2, 0.25) is 0 Å². The van der Waals surface area contributed by atoms with Crippen LogP contribution >= 0.6 is 0 Å². The minimum absolute atomic E-state index is 0.740. The van der Waals surface area contributed by atoms with E-state index in [1.807, 2.05) is 0 Å². The molecule has 0 bridgehead atoms. The van der Waals surface area contributed by atoms with Crippen LogP contribution in [0.2, 0.25) is 0 Å². The Balaban J connectivity index is 1.65. The van der Waals surface area contributed by atoms with Crippen molar-refractivity contribution >= 4 is 11.4 Å². The van der Waals surface area contributed by atoms with Crippen molar-refractivity contribution < 1.29 is 4.42 Å². The van der Waals surface area contributed by atoms with Crippen LogP contribution in [0.1, 0.15) is 36.8 Å². The van der Waals surface area contributed by atoms with Gasteiger partial charge in [0.1, 0.15) is 11.5 Å². The van der Waals surface area contributed by atoms with Gasteiger partial charge in [-0.3, -0.25) is 0 Å². The Bertz CT molecular complexity index is 597. The molecule has 1 aromatic heterocycles. The molecule has 1 aliphatic rings. The van der Waals surface area contributed by atoms with Crippen LogP contribution in [0.25, 0.3) is 0 Å². The average Bonchev–Trinajstić information content (AvgIpc) is 3.17. The van der Waals surface area contributed by atoms with Gasteiger partial charge in [0, 0.05) is 30.9 Å². The van der Waals surface area contributed by atoms with E-state index in [9.17, 15) is 0 Å². The number of anilines is 2. The van der Waals surface area contributed by atoms with Gasteiger partial charge in [-0.25, -0.2) is 0 Å². The van der Waals surface area contributed by atoms with Crippen molar-refractivity contribution in [3.63, 3.8) is 0 Å². The van der Waals surface area contributed by atoms with Crippen LogP contribution < -0.4 is 10.2 Å². The third-order valence-corrected chi connectivity index (χ3v) is 4.20. The maximum absolute atomic E-state index is 5.73. The van der Waals surface area contributed by atoms with E-state index in [4.69, 9.17) is 4.42 Å². The van der Waals surface area contributed by atoms with E-state index < -0.39 is 0 Å². The first-order chi connectivity index (χ1) is 10.3. The second kappa shape index (κ2) is 6.25. The summed E-state index contributed by atoms with van der Waals surface area (Å²) in [5.41, 5.74) is 3.83. The fraction of sp³-hybridized carbons (Fsp3) is 0.444. The van der Waals surface area contributed by atoms with E-state index >= 15 is 0 Å². The Labute approximate surface area is 127 Å². The van der Waals surface area contributed by atoms with Crippen molar-refractivity contribution in [3.8, 4) is 0 Å². The van der Waals surface area contributed by atoms with Gasteiger partial charge in [-0.05, 0) is 55.7 Å². The van der Waals surface area contributed by atoms with Crippen molar-refractivity contribution in [2.24, 2.45) is 0 Å². The predicted molar refractivity (Wildman–Crippen MR) is 88.0 cm³/mol. The molecule has 1 N–H and O–H groups in total. The summed E-state index contributed by atoms with van der Waals surface area (Å²) in [5, 5.41) is 3.47. The second-order valence-electron chi connectivity index (χ2n) is 5.77. The van der Waals surface area contributed by atoms with Crippen molar-refractivity contribution in [1.82, 2.24) is 0 Å². The van der Waals surface area contributed by atoms with Crippen LogP contribution in [-0.2, 0) is 13.0 Å². The summed E-state index contributed by atoms with van der Waals surface area (Å²) in [6, 6.07) is 10.8. The first kappa shape index (κ1) is 14.1. The summed E-state index contributed by atoms with van der Waals surface area (Å²) >= 11 is 0. The standard InChI is InChI=1S/C18H24N2O/c1-3-16-7-8-17(21-16)13-19-18-9-6-15(12-14(18)2)20-10-4-5-11-20/h6-9,12,19H,3-5,10-11,13H2,1-2H3. The van der Waals surface area contributed by atoms with Crippen LogP contribution in [0.4, 0.5) is 11.4 Å². The maximum atomic E-state index is 5.73. The summed E-state index contributed by atoms with van der Waals surface area (Å²) < 4.78 is 5.73. The molecule has 0 aliphatic carbocycles. The molecule has 0 amide bonds. The Morgan fingerprint density at radius 1 is 1.10 bits per heavy atom. The first-order valence-electron chi connectivity index (χ1n) is 7.93. The third-order valence-electron chi connectivity index (χ3n) is 4.20. The second-order valence-corrected chi connectivity index (χ2v) is 5.77. The Kier molecular flexibility index (Phi) is 4.18. The Morgan fingerprint density at radius 2 is 1.86 bits per heavy atom. The summed E-state index contributed by atoms with van der Waals surface area (Å²) in [6.07, 6.45) is 3.58. The van der Waals surface area contributed by atoms with Gasteiger partial charge in [-0.1, -0.05) is 6.92 Å². The topological polar surface area (TPSA) is 28.4 Å². The highest BCUT2D eigenvalue weighted by atomic mass is 16.3. The smallest absolute Gasteiger partial charge is 0.123 e. The van der Waals surface area contributed by atoms with Crippen LogP contribution in [0.15, 0.2) is 34.7 Å². The number of rotatable bonds is 5. The molecule has 3 rings (SSSR count). The number of aryl methyl sites for hydroxylation is 2. The fourth-order valence-corrected chi connectivity index (χ4v) is 2.91. The Morgan fingerprint density at radius 3 is 2.52 bits per heavy atom. The van der Waals surface area contributed by atoms with Crippen LogP contribution in [0.5, 0.6) is 0 Å². The minimum atomic E-state index is 0.740. The van der Waals surface area contributed by atoms with Gasteiger partial charge in [0.15, 0.2) is 0 Å². The highest BCUT2D eigenvalue weighted by Crippen LogP contribution is 2.26. The molecule has 1 saturated heterocycles. The molecule has 0 spiro atoms. The van der Waals surface area contributed by atoms with Crippen molar-refractivity contribution in [1.29, 1.82) is 0 Å². The summed E-state index contributed by atoms with van der Waals surface area (Å²) in [4.78, 5) is 2.47. The van der Waals surface area contributed by atoms with E-state index in [1.54, 1.807) is 0 Å². The molecule has 1 aromatic carbocycles. The summed E-state index contributed by atoms with van der Waals surface area (Å²) in [6.45, 7) is 7.40. The number of benzene rings is 1. The maximum Gasteiger partial charge on any atom is 0.123 e. The number of nitrogens with one attached hydrogen (secondary N) is 1. The van der Waals surface area contributed by atoms with Gasteiger partial charge in [-0.2, -0.15) is 0 Å². The average molecular weight is 284 g/mol. The molecule has 2 aromatic rings. The van der Waals surface area contributed by atoms with E-state index in [-0.39, 0.29) is 0 Å². The zero-order valence-corrected chi connectivity index (χ0v) is 13.0. The molecule has 21 heavy (non-hydrogen) atoms. The van der Waals surface area contributed by atoms with E-state index in [2.05, 4.69) is 54.4 Å². The molecule has 1 fully saturated rings. The minimum Gasteiger partial charge on any atom is -0.464 e. The van der Waals surface area contributed by atoms with E-state index in [0.29, 0.717) is 0 Å². The van der Waals surface area contributed by atoms with Crippen LogP contribution in [-0.4, -0.2) is 13.1 Å². The molecule has 3 heteroatoms. The first-order valence-corrected chi connectivity index (χ1v) is 7.93. The van der Waals surface area contributed by atoms with Gasteiger partial charge in [0.25, 0.3) is 0 Å². The van der Waals surface area contributed by atoms with Gasteiger partial charge in [-0.15, -0.1) is 0 Å². The number of hydrogen-bond acceptors (Lipinski definition) is 3. The fourth-order valence-electron chi connectivity index (χ4n) is 2.91. The molecule has 0 radical (unpaired) electrons. The van der Waals surface area contributed by atoms with Crippen LogP contribution in [0.3, 0.4) is 0 Å². The highest BCUT2D eigenvalue weighted by molar-refractivity contribution is 5.60. The Hall–Kier alpha value is -1.90. The SMILES string of the molecule is CCc1ccc(CNc2ccc(N3CCCC3)cc2C)o1. The number of nitrogens with zero attached hydrogens (tertiary/aromatic N) is 1. The third kappa shape index (κ3) is 3.23. The molecule has 0 unspecified atom stereocenters. The predicted octanol–water partition coefficient (Wildman–Crippen LogP) is 4.36. The van der Waals surface area contributed by atoms with Crippen molar-refractivity contribution in [3.05, 3.63) is 47.4 Å². The zero-order valence-electron chi connectivity index (χ0n) is 13.0. The lowest BCUT2D eigenvalue weighted by atomic mass is 10.1. The normalized spacial score (nSPS) is 14.7. The van der Waals surface area contributed by atoms with Crippen molar-refractivity contribution in [2.75, 3.05) is 23.3 Å². The van der Waals surface area contributed by atoms with Gasteiger partial charge >= 0.3 is 0 Å². The molecular formula is C18H24N2O. The summed E-state index contributed by atoms with van der Waals surface area (Å²) in [5.74, 6) is 2.04. The lowest BCUT2D eigenvalue weighted by Crippen LogP contribution is -2.17. The molecule has 3 nitrogen and oxygen atoms in total. The molecule has 0 saturated carbocycles. The molecule has 0 atom stereocenters. The lowest BCUT2D eigenvalue weighted by molar-refractivity contribution is 0.476. The molecule has 2 heterocycles. The van der Waals surface area contributed by atoms with Crippen molar-refractivity contribution in [2.45, 2.75) is 39.7 Å². The molecule has 1 aliphatic heterocycles. The van der Waals surface area contributed by atoms with E-state index in [0.717, 1.165) is 24.5 Å². The molecular weight excluding hydrogens is 260 g/mol. The van der Waals surface area contributed by atoms with Gasteiger partial charge in [0.05, 0.1) is 6.54 Å². The van der Waals surface area contributed by atoms with E-state index in [1.165, 1.54) is 42.9 Å². The summed E-state index contributed by atoms with van der Waals surface area (Å²) in [7, 11) is 0. The zero-order chi connectivity index (χ0) is 14.7. The highest BCUT2D eigenvalue weighted by Gasteiger charge is 2.13. The quantitative estimate of drug-likeness (QED) is 0.884.